The maximum absolute atomic E-state index is 5.94. The van der Waals surface area contributed by atoms with E-state index in [1.807, 2.05) is 7.05 Å². The third-order valence-electron chi connectivity index (χ3n) is 6.44. The molecule has 5 heteroatoms. The Balaban J connectivity index is 1.17. The minimum Gasteiger partial charge on any atom is -0.373 e. The molecule has 2 bridgehead atoms. The van der Waals surface area contributed by atoms with Gasteiger partial charge in [0, 0.05) is 20.1 Å². The van der Waals surface area contributed by atoms with Crippen molar-refractivity contribution in [2.24, 2.45) is 10.9 Å². The Morgan fingerprint density at radius 2 is 1.93 bits per heavy atom. The zero-order valence-corrected chi connectivity index (χ0v) is 16.8. The smallest absolute Gasteiger partial charge is 0.191 e. The first-order valence-corrected chi connectivity index (χ1v) is 10.6. The molecule has 1 aromatic carbocycles. The summed E-state index contributed by atoms with van der Waals surface area (Å²) in [5.74, 6) is 1.67. The summed E-state index contributed by atoms with van der Waals surface area (Å²) in [5, 5.41) is 7.15. The number of nitrogens with zero attached hydrogens (tertiary/aromatic N) is 2. The first-order chi connectivity index (χ1) is 13.2. The minimum atomic E-state index is 0.388. The molecule has 0 aliphatic carbocycles. The molecule has 0 spiro atoms. The van der Waals surface area contributed by atoms with Gasteiger partial charge in [0.05, 0.1) is 18.2 Å². The molecule has 5 nitrogen and oxygen atoms in total. The SMILES string of the molecule is CN=C(NCC1CCN(Cc2ccc(C)cc2)CC1)NC1CC2CCC1O2. The predicted molar refractivity (Wildman–Crippen MR) is 110 cm³/mol. The van der Waals surface area contributed by atoms with Crippen LogP contribution >= 0.6 is 0 Å². The van der Waals surface area contributed by atoms with Gasteiger partial charge in [-0.05, 0) is 63.6 Å². The predicted octanol–water partition coefficient (Wildman–Crippen LogP) is 2.69. The Labute approximate surface area is 163 Å². The number of rotatable bonds is 5. The Morgan fingerprint density at radius 3 is 2.56 bits per heavy atom. The van der Waals surface area contributed by atoms with Crippen molar-refractivity contribution in [1.29, 1.82) is 0 Å². The van der Waals surface area contributed by atoms with Crippen LogP contribution < -0.4 is 10.6 Å². The molecular weight excluding hydrogens is 336 g/mol. The molecule has 0 aromatic heterocycles. The number of nitrogens with one attached hydrogen (secondary N) is 2. The summed E-state index contributed by atoms with van der Waals surface area (Å²) in [6.07, 6.45) is 6.93. The number of benzene rings is 1. The van der Waals surface area contributed by atoms with Crippen molar-refractivity contribution >= 4 is 5.96 Å². The van der Waals surface area contributed by atoms with Crippen LogP contribution in [0, 0.1) is 12.8 Å². The highest BCUT2D eigenvalue weighted by molar-refractivity contribution is 5.80. The van der Waals surface area contributed by atoms with Crippen LogP contribution in [0.3, 0.4) is 0 Å². The van der Waals surface area contributed by atoms with Gasteiger partial charge in [-0.25, -0.2) is 0 Å². The zero-order chi connectivity index (χ0) is 18.6. The highest BCUT2D eigenvalue weighted by Crippen LogP contribution is 2.34. The fraction of sp³-hybridized carbons (Fsp3) is 0.682. The van der Waals surface area contributed by atoms with Crippen LogP contribution in [-0.4, -0.2) is 55.8 Å². The normalized spacial score (nSPS) is 29.3. The molecule has 0 amide bonds. The van der Waals surface area contributed by atoms with Crippen molar-refractivity contribution in [3.05, 3.63) is 35.4 Å². The number of hydrogen-bond donors (Lipinski definition) is 2. The van der Waals surface area contributed by atoms with Gasteiger partial charge in [-0.2, -0.15) is 0 Å². The van der Waals surface area contributed by atoms with Crippen LogP contribution in [0.1, 0.15) is 43.2 Å². The van der Waals surface area contributed by atoms with Gasteiger partial charge >= 0.3 is 0 Å². The summed E-state index contributed by atoms with van der Waals surface area (Å²) >= 11 is 0. The molecule has 3 atom stereocenters. The third-order valence-corrected chi connectivity index (χ3v) is 6.44. The topological polar surface area (TPSA) is 48.9 Å². The molecule has 148 valence electrons. The van der Waals surface area contributed by atoms with Crippen LogP contribution in [0.5, 0.6) is 0 Å². The van der Waals surface area contributed by atoms with Gasteiger partial charge < -0.3 is 15.4 Å². The molecule has 1 aromatic rings. The summed E-state index contributed by atoms with van der Waals surface area (Å²) in [6, 6.07) is 9.39. The zero-order valence-electron chi connectivity index (χ0n) is 16.8. The van der Waals surface area contributed by atoms with Crippen LogP contribution in [-0.2, 0) is 11.3 Å². The average Bonchev–Trinajstić information content (AvgIpc) is 3.31. The fourth-order valence-electron chi connectivity index (χ4n) is 4.70. The molecule has 0 saturated carbocycles. The molecule has 4 rings (SSSR count). The number of hydrogen-bond acceptors (Lipinski definition) is 3. The Hall–Kier alpha value is -1.59. The van der Waals surface area contributed by atoms with Gasteiger partial charge in [-0.15, -0.1) is 0 Å². The second-order valence-corrected chi connectivity index (χ2v) is 8.52. The number of guanidine groups is 1. The molecule has 27 heavy (non-hydrogen) atoms. The van der Waals surface area contributed by atoms with Crippen molar-refractivity contribution in [3.63, 3.8) is 0 Å². The van der Waals surface area contributed by atoms with Crippen molar-refractivity contribution in [3.8, 4) is 0 Å². The average molecular weight is 371 g/mol. The highest BCUT2D eigenvalue weighted by atomic mass is 16.5. The quantitative estimate of drug-likeness (QED) is 0.618. The first-order valence-electron chi connectivity index (χ1n) is 10.6. The molecule has 3 heterocycles. The monoisotopic (exact) mass is 370 g/mol. The Bertz CT molecular complexity index is 636. The van der Waals surface area contributed by atoms with Gasteiger partial charge in [0.25, 0.3) is 0 Å². The van der Waals surface area contributed by atoms with Gasteiger partial charge in [-0.1, -0.05) is 29.8 Å². The molecular formula is C22H34N4O. The van der Waals surface area contributed by atoms with Crippen LogP contribution in [0.25, 0.3) is 0 Å². The summed E-state index contributed by atoms with van der Waals surface area (Å²) in [6.45, 7) is 6.61. The lowest BCUT2D eigenvalue weighted by molar-refractivity contribution is 0.0992. The van der Waals surface area contributed by atoms with Crippen molar-refractivity contribution in [2.75, 3.05) is 26.7 Å². The fourth-order valence-corrected chi connectivity index (χ4v) is 4.70. The second kappa shape index (κ2) is 8.61. The van der Waals surface area contributed by atoms with Gasteiger partial charge in [0.2, 0.25) is 0 Å². The Kier molecular flexibility index (Phi) is 5.98. The van der Waals surface area contributed by atoms with Crippen LogP contribution in [0.4, 0.5) is 0 Å². The lowest BCUT2D eigenvalue weighted by atomic mass is 9.95. The number of fused-ring (bicyclic) bond motifs is 2. The first kappa shape index (κ1) is 18.8. The largest absolute Gasteiger partial charge is 0.373 e. The highest BCUT2D eigenvalue weighted by Gasteiger charge is 2.41. The van der Waals surface area contributed by atoms with Crippen LogP contribution in [0.15, 0.2) is 29.3 Å². The summed E-state index contributed by atoms with van der Waals surface area (Å²) in [4.78, 5) is 7.01. The number of piperidine rings is 1. The van der Waals surface area contributed by atoms with Crippen molar-refractivity contribution < 1.29 is 4.74 Å². The summed E-state index contributed by atoms with van der Waals surface area (Å²) < 4.78 is 5.94. The van der Waals surface area contributed by atoms with Crippen molar-refractivity contribution in [2.45, 2.75) is 63.8 Å². The van der Waals surface area contributed by atoms with Crippen LogP contribution in [0.2, 0.25) is 0 Å². The summed E-state index contributed by atoms with van der Waals surface area (Å²) in [5.41, 5.74) is 2.76. The number of likely N-dealkylation sites (tertiary alicyclic amines) is 1. The third kappa shape index (κ3) is 4.82. The lowest BCUT2D eigenvalue weighted by Gasteiger charge is -2.32. The van der Waals surface area contributed by atoms with Gasteiger partial charge in [0.1, 0.15) is 0 Å². The summed E-state index contributed by atoms with van der Waals surface area (Å²) in [7, 11) is 1.87. The number of aliphatic imine (C=N–C) groups is 1. The van der Waals surface area contributed by atoms with Gasteiger partial charge in [-0.3, -0.25) is 9.89 Å². The van der Waals surface area contributed by atoms with E-state index in [4.69, 9.17) is 4.74 Å². The molecule has 0 radical (unpaired) electrons. The number of ether oxygens (including phenoxy) is 1. The van der Waals surface area contributed by atoms with E-state index in [2.05, 4.69) is 51.7 Å². The minimum absolute atomic E-state index is 0.388. The molecule has 3 saturated heterocycles. The van der Waals surface area contributed by atoms with E-state index >= 15 is 0 Å². The molecule has 3 unspecified atom stereocenters. The van der Waals surface area contributed by atoms with E-state index in [9.17, 15) is 0 Å². The van der Waals surface area contributed by atoms with Crippen molar-refractivity contribution in [1.82, 2.24) is 15.5 Å². The molecule has 3 aliphatic rings. The maximum atomic E-state index is 5.94. The Morgan fingerprint density at radius 1 is 1.15 bits per heavy atom. The lowest BCUT2D eigenvalue weighted by Crippen LogP contribution is -2.49. The molecule has 3 fully saturated rings. The maximum Gasteiger partial charge on any atom is 0.191 e. The van der Waals surface area contributed by atoms with Gasteiger partial charge in [0.15, 0.2) is 5.96 Å². The second-order valence-electron chi connectivity index (χ2n) is 8.52. The van der Waals surface area contributed by atoms with E-state index in [1.165, 1.54) is 49.9 Å². The standard InChI is InChI=1S/C22H34N4O/c1-16-3-5-18(6-4-16)15-26-11-9-17(10-12-26)14-24-22(23-2)25-20-13-19-7-8-21(20)27-19/h3-6,17,19-21H,7-15H2,1-2H3,(H2,23,24,25). The van der Waals surface area contributed by atoms with E-state index in [0.717, 1.165) is 31.4 Å². The van der Waals surface area contributed by atoms with E-state index < -0.39 is 0 Å². The van der Waals surface area contributed by atoms with E-state index in [0.29, 0.717) is 18.2 Å². The molecule has 3 aliphatic heterocycles. The number of aryl methyl sites for hydroxylation is 1. The molecule has 2 N–H and O–H groups in total. The van der Waals surface area contributed by atoms with E-state index in [1.54, 1.807) is 0 Å². The van der Waals surface area contributed by atoms with E-state index in [-0.39, 0.29) is 0 Å².